The highest BCUT2D eigenvalue weighted by molar-refractivity contribution is 5.17. The summed E-state index contributed by atoms with van der Waals surface area (Å²) in [6.07, 6.45) is 0.774. The lowest BCUT2D eigenvalue weighted by Crippen LogP contribution is -2.11. The van der Waals surface area contributed by atoms with Crippen LogP contribution in [0.4, 0.5) is 0 Å². The summed E-state index contributed by atoms with van der Waals surface area (Å²) in [5.74, 6) is 2.17. The zero-order chi connectivity index (χ0) is 11.6. The minimum Gasteiger partial charge on any atom is -0.445 e. The molecule has 0 saturated carbocycles. The molecule has 0 aliphatic carbocycles. The summed E-state index contributed by atoms with van der Waals surface area (Å²) in [7, 11) is 0. The molecule has 1 heterocycles. The Kier molecular flexibility index (Phi) is 3.55. The molecular weight excluding hydrogens is 188 g/mol. The maximum atomic E-state index is 5.79. The fourth-order valence-corrected chi connectivity index (χ4v) is 1.45. The minimum atomic E-state index is -0.0313. The topological polar surface area (TPSA) is 52.0 Å². The Labute approximate surface area is 92.1 Å². The van der Waals surface area contributed by atoms with Crippen LogP contribution in [0.15, 0.2) is 4.42 Å². The zero-order valence-electron chi connectivity index (χ0n) is 10.4. The molecule has 1 aromatic rings. The van der Waals surface area contributed by atoms with Crippen molar-refractivity contribution >= 4 is 0 Å². The molecule has 0 bridgehead atoms. The molecule has 0 unspecified atom stereocenters. The number of aromatic nitrogens is 1. The Morgan fingerprint density at radius 1 is 1.33 bits per heavy atom. The van der Waals surface area contributed by atoms with E-state index in [1.165, 1.54) is 0 Å². The summed E-state index contributed by atoms with van der Waals surface area (Å²) < 4.78 is 5.79. The molecule has 3 heteroatoms. The van der Waals surface area contributed by atoms with Crippen molar-refractivity contribution in [1.82, 2.24) is 4.98 Å². The molecule has 0 aromatic carbocycles. The Bertz CT molecular complexity index is 321. The first-order chi connectivity index (χ1) is 6.86. The smallest absolute Gasteiger partial charge is 0.200 e. The van der Waals surface area contributed by atoms with Gasteiger partial charge in [-0.05, 0) is 12.5 Å². The molecule has 0 spiro atoms. The van der Waals surface area contributed by atoms with Crippen molar-refractivity contribution in [2.45, 2.75) is 52.4 Å². The maximum Gasteiger partial charge on any atom is 0.200 e. The second-order valence-electron chi connectivity index (χ2n) is 5.27. The normalized spacial score (nSPS) is 12.5. The largest absolute Gasteiger partial charge is 0.445 e. The third kappa shape index (κ3) is 2.81. The molecule has 0 atom stereocenters. The fourth-order valence-electron chi connectivity index (χ4n) is 1.45. The van der Waals surface area contributed by atoms with Crippen molar-refractivity contribution in [2.24, 2.45) is 5.73 Å². The molecule has 2 N–H and O–H groups in total. The van der Waals surface area contributed by atoms with Crippen LogP contribution in [0.25, 0.3) is 0 Å². The molecule has 0 aliphatic rings. The third-order valence-electron chi connectivity index (χ3n) is 2.29. The summed E-state index contributed by atoms with van der Waals surface area (Å²) in [5.41, 5.74) is 6.59. The van der Waals surface area contributed by atoms with E-state index in [2.05, 4.69) is 39.6 Å². The second kappa shape index (κ2) is 4.35. The van der Waals surface area contributed by atoms with E-state index in [-0.39, 0.29) is 5.41 Å². The Morgan fingerprint density at radius 3 is 2.33 bits per heavy atom. The predicted molar refractivity (Wildman–Crippen MR) is 62.1 cm³/mol. The Morgan fingerprint density at radius 2 is 1.93 bits per heavy atom. The summed E-state index contributed by atoms with van der Waals surface area (Å²) in [6, 6.07) is 0. The average molecular weight is 210 g/mol. The van der Waals surface area contributed by atoms with E-state index >= 15 is 0 Å². The van der Waals surface area contributed by atoms with Crippen molar-refractivity contribution in [1.29, 1.82) is 0 Å². The highest BCUT2D eigenvalue weighted by atomic mass is 16.4. The van der Waals surface area contributed by atoms with E-state index in [1.54, 1.807) is 0 Å². The molecule has 15 heavy (non-hydrogen) atoms. The second-order valence-corrected chi connectivity index (χ2v) is 5.27. The number of rotatable bonds is 3. The van der Waals surface area contributed by atoms with Crippen molar-refractivity contribution in [2.75, 3.05) is 6.54 Å². The van der Waals surface area contributed by atoms with Gasteiger partial charge in [-0.1, -0.05) is 34.6 Å². The molecule has 0 amide bonds. The van der Waals surface area contributed by atoms with Gasteiger partial charge in [-0.3, -0.25) is 0 Å². The summed E-state index contributed by atoms with van der Waals surface area (Å²) in [6.45, 7) is 11.2. The molecule has 0 saturated heterocycles. The summed E-state index contributed by atoms with van der Waals surface area (Å²) in [4.78, 5) is 4.58. The van der Waals surface area contributed by atoms with Gasteiger partial charge >= 0.3 is 0 Å². The molecule has 1 rings (SSSR count). The highest BCUT2D eigenvalue weighted by Gasteiger charge is 2.24. The lowest BCUT2D eigenvalue weighted by atomic mass is 9.97. The van der Waals surface area contributed by atoms with Gasteiger partial charge in [0.1, 0.15) is 5.76 Å². The monoisotopic (exact) mass is 210 g/mol. The molecule has 0 radical (unpaired) electrons. The number of nitrogens with two attached hydrogens (primary N) is 1. The van der Waals surface area contributed by atoms with Gasteiger partial charge in [0.05, 0.1) is 5.69 Å². The van der Waals surface area contributed by atoms with Crippen LogP contribution < -0.4 is 5.73 Å². The van der Waals surface area contributed by atoms with Crippen LogP contribution in [0, 0.1) is 0 Å². The Hall–Kier alpha value is -0.830. The lowest BCUT2D eigenvalue weighted by molar-refractivity contribution is 0.372. The van der Waals surface area contributed by atoms with Gasteiger partial charge in [-0.15, -0.1) is 0 Å². The molecule has 3 nitrogen and oxygen atoms in total. The van der Waals surface area contributed by atoms with Crippen LogP contribution in [0.5, 0.6) is 0 Å². The van der Waals surface area contributed by atoms with Crippen molar-refractivity contribution < 1.29 is 4.42 Å². The number of nitrogens with zero attached hydrogens (tertiary/aromatic N) is 1. The Balaban J connectivity index is 3.09. The first-order valence-corrected chi connectivity index (χ1v) is 5.56. The number of oxazole rings is 1. The zero-order valence-corrected chi connectivity index (χ0v) is 10.4. The van der Waals surface area contributed by atoms with Crippen LogP contribution in [0.2, 0.25) is 0 Å². The van der Waals surface area contributed by atoms with Crippen LogP contribution in [0.3, 0.4) is 0 Å². The molecule has 1 aromatic heterocycles. The van der Waals surface area contributed by atoms with Gasteiger partial charge in [0.2, 0.25) is 0 Å². The molecular formula is C12H22N2O. The van der Waals surface area contributed by atoms with Gasteiger partial charge in [-0.2, -0.15) is 0 Å². The van der Waals surface area contributed by atoms with E-state index in [1.807, 2.05) is 0 Å². The van der Waals surface area contributed by atoms with E-state index in [0.29, 0.717) is 12.5 Å². The third-order valence-corrected chi connectivity index (χ3v) is 2.29. The first kappa shape index (κ1) is 12.2. The molecule has 0 fully saturated rings. The van der Waals surface area contributed by atoms with Crippen LogP contribution in [-0.4, -0.2) is 11.5 Å². The lowest BCUT2D eigenvalue weighted by Gasteiger charge is -2.12. The minimum absolute atomic E-state index is 0.0313. The summed E-state index contributed by atoms with van der Waals surface area (Å²) in [5, 5.41) is 0. The van der Waals surface area contributed by atoms with Crippen LogP contribution >= 0.6 is 0 Å². The van der Waals surface area contributed by atoms with Crippen molar-refractivity contribution in [3.63, 3.8) is 0 Å². The summed E-state index contributed by atoms with van der Waals surface area (Å²) >= 11 is 0. The SMILES string of the molecule is CC(C)c1nc(C(C)(C)C)oc1CCN. The molecule has 0 aliphatic heterocycles. The van der Waals surface area contributed by atoms with E-state index in [9.17, 15) is 0 Å². The van der Waals surface area contributed by atoms with Crippen molar-refractivity contribution in [3.05, 3.63) is 17.3 Å². The van der Waals surface area contributed by atoms with Gasteiger partial charge in [0.25, 0.3) is 0 Å². The van der Waals surface area contributed by atoms with Crippen LogP contribution in [-0.2, 0) is 11.8 Å². The highest BCUT2D eigenvalue weighted by Crippen LogP contribution is 2.27. The van der Waals surface area contributed by atoms with Gasteiger partial charge in [-0.25, -0.2) is 4.98 Å². The van der Waals surface area contributed by atoms with Gasteiger partial charge < -0.3 is 10.2 Å². The average Bonchev–Trinajstić information content (AvgIpc) is 2.48. The number of hydrogen-bond donors (Lipinski definition) is 1. The first-order valence-electron chi connectivity index (χ1n) is 5.56. The van der Waals surface area contributed by atoms with E-state index in [0.717, 1.165) is 23.8 Å². The van der Waals surface area contributed by atoms with E-state index < -0.39 is 0 Å². The maximum absolute atomic E-state index is 5.79. The molecule has 86 valence electrons. The quantitative estimate of drug-likeness (QED) is 0.834. The van der Waals surface area contributed by atoms with E-state index in [4.69, 9.17) is 10.2 Å². The van der Waals surface area contributed by atoms with Gasteiger partial charge in [0, 0.05) is 11.8 Å². The predicted octanol–water partition coefficient (Wildman–Crippen LogP) is 2.60. The number of hydrogen-bond acceptors (Lipinski definition) is 3. The fraction of sp³-hybridized carbons (Fsp3) is 0.750. The van der Waals surface area contributed by atoms with Crippen molar-refractivity contribution in [3.8, 4) is 0 Å². The standard InChI is InChI=1S/C12H22N2O/c1-8(2)10-9(6-7-13)15-11(14-10)12(3,4)5/h8H,6-7,13H2,1-5H3. The van der Waals surface area contributed by atoms with Crippen LogP contribution in [0.1, 0.15) is 57.9 Å². The van der Waals surface area contributed by atoms with Gasteiger partial charge in [0.15, 0.2) is 5.89 Å².